The van der Waals surface area contributed by atoms with E-state index in [0.29, 0.717) is 0 Å². The number of hydrogen-bond acceptors (Lipinski definition) is 3. The van der Waals surface area contributed by atoms with Crippen LogP contribution in [0.1, 0.15) is 11.4 Å². The third-order valence-electron chi connectivity index (χ3n) is 1.99. The minimum atomic E-state index is 0.744. The van der Waals surface area contributed by atoms with E-state index in [4.69, 9.17) is 5.73 Å². The van der Waals surface area contributed by atoms with Crippen LogP contribution in [-0.2, 0) is 6.42 Å². The Morgan fingerprint density at radius 1 is 1.43 bits per heavy atom. The molecule has 2 aromatic rings. The maximum absolute atomic E-state index is 5.47. The lowest BCUT2D eigenvalue weighted by Gasteiger charge is -1.89. The molecule has 1 aromatic heterocycles. The van der Waals surface area contributed by atoms with Crippen molar-refractivity contribution in [2.24, 2.45) is 5.73 Å². The highest BCUT2D eigenvalue weighted by Gasteiger charge is 2.03. The summed E-state index contributed by atoms with van der Waals surface area (Å²) in [6, 6.07) is 6.36. The second-order valence-electron chi connectivity index (χ2n) is 3.11. The number of fused-ring (bicyclic) bond motifs is 1. The molecule has 0 fully saturated rings. The smallest absolute Gasteiger partial charge is 0.0939 e. The minimum Gasteiger partial charge on any atom is -0.330 e. The lowest BCUT2D eigenvalue weighted by Crippen LogP contribution is -1.99. The highest BCUT2D eigenvalue weighted by Crippen LogP contribution is 2.24. The Kier molecular flexibility index (Phi) is 3.35. The molecule has 2 nitrogen and oxygen atoms in total. The maximum atomic E-state index is 5.47. The molecule has 1 aromatic carbocycles. The van der Waals surface area contributed by atoms with E-state index in [1.54, 1.807) is 11.3 Å². The first kappa shape index (κ1) is 10.3. The monoisotopic (exact) mass is 318 g/mol. The first-order chi connectivity index (χ1) is 6.79. The van der Waals surface area contributed by atoms with Crippen molar-refractivity contribution >= 4 is 44.1 Å². The number of thiazole rings is 1. The molecule has 0 aliphatic heterocycles. The van der Waals surface area contributed by atoms with Gasteiger partial charge in [0.05, 0.1) is 15.2 Å². The van der Waals surface area contributed by atoms with Gasteiger partial charge in [-0.05, 0) is 53.8 Å². The van der Waals surface area contributed by atoms with Gasteiger partial charge in [0.1, 0.15) is 0 Å². The lowest BCUT2D eigenvalue weighted by atomic mass is 10.3. The Labute approximate surface area is 101 Å². The van der Waals surface area contributed by atoms with Gasteiger partial charge in [0.15, 0.2) is 0 Å². The van der Waals surface area contributed by atoms with Gasteiger partial charge in [0.25, 0.3) is 0 Å². The highest BCUT2D eigenvalue weighted by molar-refractivity contribution is 14.1. The zero-order chi connectivity index (χ0) is 9.97. The molecule has 2 N–H and O–H groups in total. The predicted molar refractivity (Wildman–Crippen MR) is 69.7 cm³/mol. The van der Waals surface area contributed by atoms with Crippen LogP contribution >= 0.6 is 33.9 Å². The normalized spacial score (nSPS) is 11.0. The molecule has 2 rings (SSSR count). The summed E-state index contributed by atoms with van der Waals surface area (Å²) in [5.41, 5.74) is 6.58. The average Bonchev–Trinajstić information content (AvgIpc) is 2.56. The van der Waals surface area contributed by atoms with Gasteiger partial charge in [-0.25, -0.2) is 4.98 Å². The average molecular weight is 318 g/mol. The third-order valence-corrected chi connectivity index (χ3v) is 3.74. The molecule has 0 spiro atoms. The Bertz CT molecular complexity index is 439. The van der Waals surface area contributed by atoms with Crippen LogP contribution < -0.4 is 5.73 Å². The van der Waals surface area contributed by atoms with Gasteiger partial charge in [-0.15, -0.1) is 11.3 Å². The fourth-order valence-electron chi connectivity index (χ4n) is 1.31. The van der Waals surface area contributed by atoms with Crippen molar-refractivity contribution in [3.8, 4) is 0 Å². The molecule has 0 unspecified atom stereocenters. The summed E-state index contributed by atoms with van der Waals surface area (Å²) in [6.45, 7) is 0.744. The van der Waals surface area contributed by atoms with Crippen LogP contribution in [0.5, 0.6) is 0 Å². The number of nitrogens with two attached hydrogens (primary N) is 1. The van der Waals surface area contributed by atoms with Crippen LogP contribution in [0.25, 0.3) is 10.2 Å². The zero-order valence-corrected chi connectivity index (χ0v) is 10.6. The molecular weight excluding hydrogens is 307 g/mol. The molecule has 0 saturated carbocycles. The first-order valence-corrected chi connectivity index (χ1v) is 6.44. The summed E-state index contributed by atoms with van der Waals surface area (Å²) in [5.74, 6) is 0. The zero-order valence-electron chi connectivity index (χ0n) is 7.66. The Morgan fingerprint density at radius 2 is 2.29 bits per heavy atom. The van der Waals surface area contributed by atoms with Crippen LogP contribution in [0, 0.1) is 3.57 Å². The fourth-order valence-corrected chi connectivity index (χ4v) is 3.06. The van der Waals surface area contributed by atoms with E-state index in [9.17, 15) is 0 Å². The summed E-state index contributed by atoms with van der Waals surface area (Å²) < 4.78 is 2.55. The van der Waals surface area contributed by atoms with E-state index >= 15 is 0 Å². The van der Waals surface area contributed by atoms with Crippen LogP contribution in [0.3, 0.4) is 0 Å². The van der Waals surface area contributed by atoms with Gasteiger partial charge in [-0.3, -0.25) is 0 Å². The SMILES string of the molecule is NCCCc1nc2ccc(I)cc2s1. The maximum Gasteiger partial charge on any atom is 0.0939 e. The van der Waals surface area contributed by atoms with Crippen molar-refractivity contribution in [2.75, 3.05) is 6.54 Å². The van der Waals surface area contributed by atoms with Crippen LogP contribution in [0.15, 0.2) is 18.2 Å². The van der Waals surface area contributed by atoms with Gasteiger partial charge >= 0.3 is 0 Å². The molecule has 0 amide bonds. The first-order valence-electron chi connectivity index (χ1n) is 4.54. The molecule has 74 valence electrons. The van der Waals surface area contributed by atoms with Crippen molar-refractivity contribution < 1.29 is 0 Å². The second-order valence-corrected chi connectivity index (χ2v) is 5.47. The van der Waals surface area contributed by atoms with Crippen molar-refractivity contribution in [1.29, 1.82) is 0 Å². The number of rotatable bonds is 3. The van der Waals surface area contributed by atoms with Gasteiger partial charge in [-0.2, -0.15) is 0 Å². The minimum absolute atomic E-state index is 0.744. The number of hydrogen-bond donors (Lipinski definition) is 1. The van der Waals surface area contributed by atoms with Crippen LogP contribution in [0.4, 0.5) is 0 Å². The summed E-state index contributed by atoms with van der Waals surface area (Å²) in [6.07, 6.45) is 2.03. The predicted octanol–water partition coefficient (Wildman–Crippen LogP) is 2.79. The van der Waals surface area contributed by atoms with Crippen molar-refractivity contribution in [1.82, 2.24) is 4.98 Å². The third kappa shape index (κ3) is 2.24. The Morgan fingerprint density at radius 3 is 3.07 bits per heavy atom. The molecule has 0 bridgehead atoms. The Balaban J connectivity index is 2.32. The van der Waals surface area contributed by atoms with E-state index in [2.05, 4.69) is 45.8 Å². The standard InChI is InChI=1S/C10H11IN2S/c11-7-3-4-8-9(6-7)14-10(13-8)2-1-5-12/h3-4,6H,1-2,5,12H2. The van der Waals surface area contributed by atoms with E-state index in [1.807, 2.05) is 0 Å². The molecule has 0 saturated heterocycles. The summed E-state index contributed by atoms with van der Waals surface area (Å²) in [5, 5.41) is 1.20. The van der Waals surface area contributed by atoms with Crippen LogP contribution in [-0.4, -0.2) is 11.5 Å². The summed E-state index contributed by atoms with van der Waals surface area (Å²) in [4.78, 5) is 4.55. The van der Waals surface area contributed by atoms with Gasteiger partial charge in [-0.1, -0.05) is 0 Å². The molecule has 14 heavy (non-hydrogen) atoms. The molecular formula is C10H11IN2S. The van der Waals surface area contributed by atoms with E-state index < -0.39 is 0 Å². The molecule has 0 radical (unpaired) electrons. The molecule has 0 aliphatic rings. The highest BCUT2D eigenvalue weighted by atomic mass is 127. The largest absolute Gasteiger partial charge is 0.330 e. The topological polar surface area (TPSA) is 38.9 Å². The molecule has 1 heterocycles. The lowest BCUT2D eigenvalue weighted by molar-refractivity contribution is 0.828. The van der Waals surface area contributed by atoms with E-state index in [-0.39, 0.29) is 0 Å². The number of aryl methyl sites for hydroxylation is 1. The van der Waals surface area contributed by atoms with E-state index in [0.717, 1.165) is 24.9 Å². The second kappa shape index (κ2) is 4.55. The number of benzene rings is 1. The summed E-state index contributed by atoms with van der Waals surface area (Å²) in [7, 11) is 0. The number of nitrogens with zero attached hydrogens (tertiary/aromatic N) is 1. The molecule has 4 heteroatoms. The van der Waals surface area contributed by atoms with Crippen LogP contribution in [0.2, 0.25) is 0 Å². The number of halogens is 1. The summed E-state index contributed by atoms with van der Waals surface area (Å²) >= 11 is 4.10. The number of aromatic nitrogens is 1. The molecule has 0 aliphatic carbocycles. The van der Waals surface area contributed by atoms with Crippen molar-refractivity contribution in [3.05, 3.63) is 26.8 Å². The quantitative estimate of drug-likeness (QED) is 0.884. The Hall–Kier alpha value is -0.200. The molecule has 0 atom stereocenters. The van der Waals surface area contributed by atoms with Gasteiger partial charge < -0.3 is 5.73 Å². The van der Waals surface area contributed by atoms with Crippen molar-refractivity contribution in [2.45, 2.75) is 12.8 Å². The van der Waals surface area contributed by atoms with Crippen molar-refractivity contribution in [3.63, 3.8) is 0 Å². The van der Waals surface area contributed by atoms with Gasteiger partial charge in [0.2, 0.25) is 0 Å². The van der Waals surface area contributed by atoms with Gasteiger partial charge in [0, 0.05) is 9.99 Å². The van der Waals surface area contributed by atoms with E-state index in [1.165, 1.54) is 13.3 Å². The fraction of sp³-hybridized carbons (Fsp3) is 0.300.